The first-order chi connectivity index (χ1) is 9.81. The molecule has 6 nitrogen and oxygen atoms in total. The van der Waals surface area contributed by atoms with E-state index in [-0.39, 0.29) is 17.3 Å². The summed E-state index contributed by atoms with van der Waals surface area (Å²) in [5.74, 6) is -1.50. The fourth-order valence-electron chi connectivity index (χ4n) is 2.14. The van der Waals surface area contributed by atoms with Crippen LogP contribution in [0.5, 0.6) is 0 Å². The number of hydrogen-bond acceptors (Lipinski definition) is 2. The Bertz CT molecular complexity index is 700. The van der Waals surface area contributed by atoms with Crippen molar-refractivity contribution in [1.29, 1.82) is 0 Å². The highest BCUT2D eigenvalue weighted by Crippen LogP contribution is 2.23. The Balaban J connectivity index is 2.33. The molecule has 0 aliphatic rings. The van der Waals surface area contributed by atoms with Crippen LogP contribution in [0.2, 0.25) is 5.02 Å². The molecule has 0 radical (unpaired) electrons. The summed E-state index contributed by atoms with van der Waals surface area (Å²) >= 11 is 5.94. The van der Waals surface area contributed by atoms with Crippen molar-refractivity contribution < 1.29 is 14.7 Å². The molecular formula is C14H16ClN3O3. The lowest BCUT2D eigenvalue weighted by Crippen LogP contribution is -2.18. The van der Waals surface area contributed by atoms with Crippen molar-refractivity contribution in [3.8, 4) is 0 Å². The van der Waals surface area contributed by atoms with E-state index in [1.807, 2.05) is 13.8 Å². The van der Waals surface area contributed by atoms with Crippen LogP contribution >= 0.6 is 11.6 Å². The highest BCUT2D eigenvalue weighted by Gasteiger charge is 2.20. The summed E-state index contributed by atoms with van der Waals surface area (Å²) in [5, 5.41) is 12.2. The maximum Gasteiger partial charge on any atom is 0.339 e. The standard InChI is InChI=1S/C14H16ClN3O3/c1-7(2)18-6-9(15)4-11(18)13(19)17-10-5-16-8(3)12(10)14(20)21/h4-7,16H,1-3H3,(H,17,19)(H,20,21). The molecule has 112 valence electrons. The molecule has 0 atom stereocenters. The quantitative estimate of drug-likeness (QED) is 0.809. The second kappa shape index (κ2) is 5.65. The van der Waals surface area contributed by atoms with Gasteiger partial charge in [-0.15, -0.1) is 0 Å². The van der Waals surface area contributed by atoms with Crippen molar-refractivity contribution in [2.45, 2.75) is 26.8 Å². The SMILES string of the molecule is Cc1[nH]cc(NC(=O)c2cc(Cl)cn2C(C)C)c1C(=O)O. The molecule has 0 spiro atoms. The fraction of sp³-hybridized carbons (Fsp3) is 0.286. The maximum absolute atomic E-state index is 12.3. The van der Waals surface area contributed by atoms with E-state index in [1.54, 1.807) is 23.8 Å². The monoisotopic (exact) mass is 309 g/mol. The largest absolute Gasteiger partial charge is 0.478 e. The van der Waals surface area contributed by atoms with E-state index < -0.39 is 11.9 Å². The lowest BCUT2D eigenvalue weighted by atomic mass is 10.2. The van der Waals surface area contributed by atoms with Crippen molar-refractivity contribution in [2.24, 2.45) is 0 Å². The third-order valence-electron chi connectivity index (χ3n) is 3.14. The van der Waals surface area contributed by atoms with Crippen molar-refractivity contribution in [2.75, 3.05) is 5.32 Å². The Morgan fingerprint density at radius 3 is 2.67 bits per heavy atom. The Morgan fingerprint density at radius 2 is 2.10 bits per heavy atom. The minimum Gasteiger partial charge on any atom is -0.478 e. The van der Waals surface area contributed by atoms with Gasteiger partial charge in [-0.2, -0.15) is 0 Å². The van der Waals surface area contributed by atoms with E-state index in [9.17, 15) is 9.59 Å². The van der Waals surface area contributed by atoms with Gasteiger partial charge in [-0.3, -0.25) is 4.79 Å². The third-order valence-corrected chi connectivity index (χ3v) is 3.35. The smallest absolute Gasteiger partial charge is 0.339 e. The van der Waals surface area contributed by atoms with Gasteiger partial charge in [0.25, 0.3) is 5.91 Å². The normalized spacial score (nSPS) is 10.9. The van der Waals surface area contributed by atoms with Crippen LogP contribution < -0.4 is 5.32 Å². The summed E-state index contributed by atoms with van der Waals surface area (Å²) in [6, 6.07) is 1.61. The van der Waals surface area contributed by atoms with Gasteiger partial charge in [-0.1, -0.05) is 11.6 Å². The molecule has 2 heterocycles. The molecular weight excluding hydrogens is 294 g/mol. The average Bonchev–Trinajstić information content (AvgIpc) is 2.93. The summed E-state index contributed by atoms with van der Waals surface area (Å²) in [4.78, 5) is 26.3. The summed E-state index contributed by atoms with van der Waals surface area (Å²) in [7, 11) is 0. The Labute approximate surface area is 126 Å². The molecule has 0 saturated heterocycles. The van der Waals surface area contributed by atoms with Gasteiger partial charge in [0.2, 0.25) is 0 Å². The minimum atomic E-state index is -1.10. The molecule has 0 aliphatic heterocycles. The predicted octanol–water partition coefficient (Wildman–Crippen LogP) is 3.31. The number of anilines is 1. The molecule has 0 saturated carbocycles. The number of amides is 1. The van der Waals surface area contributed by atoms with Crippen LogP contribution in [0.1, 0.15) is 46.4 Å². The van der Waals surface area contributed by atoms with Gasteiger partial charge >= 0.3 is 5.97 Å². The van der Waals surface area contributed by atoms with E-state index in [4.69, 9.17) is 16.7 Å². The Hall–Kier alpha value is -2.21. The fourth-order valence-corrected chi connectivity index (χ4v) is 2.35. The van der Waals surface area contributed by atoms with Gasteiger partial charge in [0.1, 0.15) is 11.3 Å². The zero-order valence-electron chi connectivity index (χ0n) is 11.9. The molecule has 21 heavy (non-hydrogen) atoms. The van der Waals surface area contributed by atoms with E-state index in [0.29, 0.717) is 16.4 Å². The zero-order valence-corrected chi connectivity index (χ0v) is 12.7. The van der Waals surface area contributed by atoms with Crippen LogP contribution in [-0.4, -0.2) is 26.5 Å². The molecule has 2 rings (SSSR count). The van der Waals surface area contributed by atoms with E-state index in [0.717, 1.165) is 0 Å². The summed E-state index contributed by atoms with van der Waals surface area (Å²) in [6.45, 7) is 5.49. The van der Waals surface area contributed by atoms with Crippen LogP contribution in [0, 0.1) is 6.92 Å². The molecule has 7 heteroatoms. The summed E-state index contributed by atoms with van der Waals surface area (Å²) < 4.78 is 1.73. The maximum atomic E-state index is 12.3. The third kappa shape index (κ3) is 2.95. The Morgan fingerprint density at radius 1 is 1.43 bits per heavy atom. The molecule has 2 aromatic heterocycles. The number of carbonyl (C=O) groups is 2. The minimum absolute atomic E-state index is 0.0529. The summed E-state index contributed by atoms with van der Waals surface area (Å²) in [5.41, 5.74) is 1.15. The number of nitrogens with one attached hydrogen (secondary N) is 2. The number of aromatic carboxylic acids is 1. The second-order valence-electron chi connectivity index (χ2n) is 5.01. The van der Waals surface area contributed by atoms with Crippen LogP contribution in [0.25, 0.3) is 0 Å². The molecule has 3 N–H and O–H groups in total. The van der Waals surface area contributed by atoms with Crippen molar-refractivity contribution >= 4 is 29.2 Å². The van der Waals surface area contributed by atoms with Crippen LogP contribution in [-0.2, 0) is 0 Å². The number of carbonyl (C=O) groups excluding carboxylic acids is 1. The van der Waals surface area contributed by atoms with Gasteiger partial charge in [-0.05, 0) is 26.8 Å². The topological polar surface area (TPSA) is 87.1 Å². The number of rotatable bonds is 4. The molecule has 1 amide bonds. The number of aromatic nitrogens is 2. The van der Waals surface area contributed by atoms with E-state index in [2.05, 4.69) is 10.3 Å². The first kappa shape index (κ1) is 15.2. The van der Waals surface area contributed by atoms with E-state index in [1.165, 1.54) is 6.20 Å². The molecule has 0 aliphatic carbocycles. The second-order valence-corrected chi connectivity index (χ2v) is 5.44. The van der Waals surface area contributed by atoms with Crippen molar-refractivity contribution in [3.63, 3.8) is 0 Å². The number of hydrogen-bond donors (Lipinski definition) is 3. The first-order valence-electron chi connectivity index (χ1n) is 6.41. The van der Waals surface area contributed by atoms with Gasteiger partial charge in [0.05, 0.1) is 10.7 Å². The number of aromatic amines is 1. The van der Waals surface area contributed by atoms with Crippen LogP contribution in [0.15, 0.2) is 18.5 Å². The zero-order chi connectivity index (χ0) is 15.7. The van der Waals surface area contributed by atoms with Gasteiger partial charge in [-0.25, -0.2) is 4.79 Å². The highest BCUT2D eigenvalue weighted by molar-refractivity contribution is 6.31. The molecule has 0 bridgehead atoms. The van der Waals surface area contributed by atoms with Crippen LogP contribution in [0.4, 0.5) is 5.69 Å². The lowest BCUT2D eigenvalue weighted by Gasteiger charge is -2.12. The molecule has 0 aromatic carbocycles. The van der Waals surface area contributed by atoms with Gasteiger partial charge < -0.3 is 20.0 Å². The molecule has 0 unspecified atom stereocenters. The summed E-state index contributed by atoms with van der Waals surface area (Å²) in [6.07, 6.45) is 3.13. The number of carboxylic acids is 1. The van der Waals surface area contributed by atoms with Gasteiger partial charge in [0.15, 0.2) is 0 Å². The Kier molecular flexibility index (Phi) is 4.09. The number of aryl methyl sites for hydroxylation is 1. The van der Waals surface area contributed by atoms with E-state index >= 15 is 0 Å². The number of H-pyrrole nitrogens is 1. The number of halogens is 1. The average molecular weight is 310 g/mol. The molecule has 2 aromatic rings. The predicted molar refractivity (Wildman–Crippen MR) is 80.3 cm³/mol. The first-order valence-corrected chi connectivity index (χ1v) is 6.79. The highest BCUT2D eigenvalue weighted by atomic mass is 35.5. The number of carboxylic acid groups (broad SMARTS) is 1. The van der Waals surface area contributed by atoms with Crippen LogP contribution in [0.3, 0.4) is 0 Å². The van der Waals surface area contributed by atoms with Gasteiger partial charge in [0, 0.05) is 24.1 Å². The molecule has 0 fully saturated rings. The van der Waals surface area contributed by atoms with Crippen molar-refractivity contribution in [3.05, 3.63) is 40.4 Å². The van der Waals surface area contributed by atoms with Crippen molar-refractivity contribution in [1.82, 2.24) is 9.55 Å². The number of nitrogens with zero attached hydrogens (tertiary/aromatic N) is 1. The lowest BCUT2D eigenvalue weighted by molar-refractivity contribution is 0.0697.